The molecule has 0 spiro atoms. The number of fused-ring (bicyclic) bond motifs is 1. The van der Waals surface area contributed by atoms with E-state index in [0.29, 0.717) is 4.88 Å². The quantitative estimate of drug-likeness (QED) is 0.639. The average molecular weight is 400 g/mol. The van der Waals surface area contributed by atoms with Crippen LogP contribution in [0.25, 0.3) is 15.9 Å². The number of ether oxygens (including phenoxy) is 1. The lowest BCUT2D eigenvalue weighted by Gasteiger charge is -2.19. The molecular weight excluding hydrogens is 380 g/mol. The van der Waals surface area contributed by atoms with E-state index in [1.807, 2.05) is 42.6 Å². The summed E-state index contributed by atoms with van der Waals surface area (Å²) in [6.07, 6.45) is -1.13. The second kappa shape index (κ2) is 7.81. The summed E-state index contributed by atoms with van der Waals surface area (Å²) >= 11 is 1.23. The van der Waals surface area contributed by atoms with Crippen molar-refractivity contribution < 1.29 is 19.1 Å². The van der Waals surface area contributed by atoms with Gasteiger partial charge in [0.05, 0.1) is 11.4 Å². The number of nitrogens with one attached hydrogen (secondary N) is 1. The first-order valence-corrected chi connectivity index (χ1v) is 9.45. The smallest absolute Gasteiger partial charge is 0.349 e. The summed E-state index contributed by atoms with van der Waals surface area (Å²) in [6.45, 7) is 5.28. The van der Waals surface area contributed by atoms with Crippen molar-refractivity contribution in [2.24, 2.45) is 11.7 Å². The van der Waals surface area contributed by atoms with Crippen LogP contribution in [0.4, 0.5) is 4.79 Å². The van der Waals surface area contributed by atoms with Gasteiger partial charge in [0, 0.05) is 5.39 Å². The molecule has 0 fully saturated rings. The second-order valence-corrected chi connectivity index (χ2v) is 7.62. The summed E-state index contributed by atoms with van der Waals surface area (Å²) in [5.41, 5.74) is 6.64. The van der Waals surface area contributed by atoms with Crippen LogP contribution in [0.5, 0.6) is 0 Å². The van der Waals surface area contributed by atoms with Gasteiger partial charge < -0.3 is 10.5 Å². The van der Waals surface area contributed by atoms with Gasteiger partial charge in [-0.2, -0.15) is 5.10 Å². The van der Waals surface area contributed by atoms with Gasteiger partial charge >= 0.3 is 12.0 Å². The van der Waals surface area contributed by atoms with E-state index < -0.39 is 24.0 Å². The lowest BCUT2D eigenvalue weighted by Crippen LogP contribution is -2.45. The van der Waals surface area contributed by atoms with Gasteiger partial charge in [0.2, 0.25) is 0 Å². The monoisotopic (exact) mass is 400 g/mol. The molecule has 8 nitrogen and oxygen atoms in total. The van der Waals surface area contributed by atoms with Crippen LogP contribution in [0.3, 0.4) is 0 Å². The minimum atomic E-state index is -1.13. The number of carbonyl (C=O) groups is 3. The number of rotatable bonds is 5. The third kappa shape index (κ3) is 3.89. The molecule has 0 aliphatic heterocycles. The Bertz CT molecular complexity index is 1040. The fourth-order valence-corrected chi connectivity index (χ4v) is 3.82. The Hall–Kier alpha value is -3.20. The number of benzene rings is 1. The number of hydrogen-bond donors (Lipinski definition) is 2. The number of nitrogens with two attached hydrogens (primary N) is 1. The molecule has 2 aromatic heterocycles. The largest absolute Gasteiger partial charge is 0.448 e. The second-order valence-electron chi connectivity index (χ2n) is 6.59. The minimum absolute atomic E-state index is 0.334. The predicted molar refractivity (Wildman–Crippen MR) is 105 cm³/mol. The molecule has 0 saturated carbocycles. The first kappa shape index (κ1) is 19.6. The number of primary amides is 1. The van der Waals surface area contributed by atoms with Crippen molar-refractivity contribution >= 4 is 39.5 Å². The number of hydrogen-bond acceptors (Lipinski definition) is 6. The molecule has 0 unspecified atom stereocenters. The molecule has 3 amide bonds. The number of aromatic nitrogens is 2. The lowest BCUT2D eigenvalue weighted by molar-refractivity contribution is -0.130. The molecule has 146 valence electrons. The molecule has 1 aromatic carbocycles. The first-order valence-electron chi connectivity index (χ1n) is 8.63. The fourth-order valence-electron chi connectivity index (χ4n) is 2.75. The van der Waals surface area contributed by atoms with E-state index in [0.717, 1.165) is 21.6 Å². The number of aryl methyl sites for hydroxylation is 1. The maximum atomic E-state index is 12.6. The zero-order valence-corrected chi connectivity index (χ0v) is 16.4. The summed E-state index contributed by atoms with van der Waals surface area (Å²) in [7, 11) is 0. The highest BCUT2D eigenvalue weighted by Crippen LogP contribution is 2.31. The number of carbonyl (C=O) groups excluding carboxylic acids is 3. The Balaban J connectivity index is 1.90. The molecular formula is C19H20N4O4S. The summed E-state index contributed by atoms with van der Waals surface area (Å²) in [5.74, 6) is -1.72. The molecule has 0 saturated heterocycles. The summed E-state index contributed by atoms with van der Waals surface area (Å²) < 4.78 is 7.14. The van der Waals surface area contributed by atoms with E-state index in [1.54, 1.807) is 24.6 Å². The molecule has 0 aliphatic carbocycles. The van der Waals surface area contributed by atoms with Crippen LogP contribution in [0, 0.1) is 12.8 Å². The Morgan fingerprint density at radius 2 is 1.89 bits per heavy atom. The van der Waals surface area contributed by atoms with Crippen molar-refractivity contribution in [3.05, 3.63) is 47.0 Å². The normalized spacial score (nSPS) is 12.1. The van der Waals surface area contributed by atoms with E-state index >= 15 is 0 Å². The standard InChI is InChI=1S/C19H20N4O4S/c1-10(2)15(16(24)21-19(20)26)27-18(25)14-9-13-11(3)22-23(17(13)28-14)12-7-5-4-6-8-12/h4-10,15H,1-3H3,(H3,20,21,24,26)/t15-/m0/s1. The Kier molecular flexibility index (Phi) is 5.46. The third-order valence-electron chi connectivity index (χ3n) is 4.09. The van der Waals surface area contributed by atoms with Crippen LogP contribution in [0.1, 0.15) is 29.2 Å². The number of para-hydroxylation sites is 1. The molecule has 0 bridgehead atoms. The summed E-state index contributed by atoms with van der Waals surface area (Å²) in [5, 5.41) is 7.32. The van der Waals surface area contributed by atoms with Crippen LogP contribution >= 0.6 is 11.3 Å². The average Bonchev–Trinajstić information content (AvgIpc) is 3.20. The Morgan fingerprint density at radius 3 is 2.50 bits per heavy atom. The highest BCUT2D eigenvalue weighted by atomic mass is 32.1. The number of nitrogens with zero attached hydrogens (tertiary/aromatic N) is 2. The molecule has 0 aliphatic rings. The minimum Gasteiger partial charge on any atom is -0.448 e. The molecule has 3 N–H and O–H groups in total. The zero-order chi connectivity index (χ0) is 20.4. The van der Waals surface area contributed by atoms with Gasteiger partial charge in [-0.15, -0.1) is 11.3 Å². The molecule has 3 rings (SSSR count). The van der Waals surface area contributed by atoms with Crippen LogP contribution < -0.4 is 11.1 Å². The van der Waals surface area contributed by atoms with Crippen molar-refractivity contribution in [3.8, 4) is 5.69 Å². The molecule has 0 radical (unpaired) electrons. The van der Waals surface area contributed by atoms with Gasteiger partial charge in [0.25, 0.3) is 5.91 Å². The van der Waals surface area contributed by atoms with Gasteiger partial charge in [-0.25, -0.2) is 14.3 Å². The van der Waals surface area contributed by atoms with Gasteiger partial charge in [0.15, 0.2) is 6.10 Å². The fraction of sp³-hybridized carbons (Fsp3) is 0.263. The number of amides is 3. The highest BCUT2D eigenvalue weighted by molar-refractivity contribution is 7.20. The molecule has 1 atom stereocenters. The van der Waals surface area contributed by atoms with E-state index in [1.165, 1.54) is 11.3 Å². The Labute approximate surface area is 165 Å². The number of urea groups is 1. The SMILES string of the molecule is Cc1nn(-c2ccccc2)c2sc(C(=O)O[C@H](C(=O)NC(N)=O)C(C)C)cc12. The predicted octanol–water partition coefficient (Wildman–Crippen LogP) is 2.77. The van der Waals surface area contributed by atoms with Crippen molar-refractivity contribution in [2.75, 3.05) is 0 Å². The maximum Gasteiger partial charge on any atom is 0.349 e. The molecule has 28 heavy (non-hydrogen) atoms. The topological polar surface area (TPSA) is 116 Å². The highest BCUT2D eigenvalue weighted by Gasteiger charge is 2.29. The van der Waals surface area contributed by atoms with Gasteiger partial charge in [-0.1, -0.05) is 32.0 Å². The number of imide groups is 1. The molecule has 3 aromatic rings. The van der Waals surface area contributed by atoms with E-state index in [-0.39, 0.29) is 5.92 Å². The molecule has 9 heteroatoms. The van der Waals surface area contributed by atoms with Crippen LogP contribution in [-0.2, 0) is 9.53 Å². The van der Waals surface area contributed by atoms with E-state index in [2.05, 4.69) is 5.10 Å². The first-order chi connectivity index (χ1) is 13.3. The van der Waals surface area contributed by atoms with Crippen LogP contribution in [-0.4, -0.2) is 33.8 Å². The van der Waals surface area contributed by atoms with Crippen molar-refractivity contribution in [3.63, 3.8) is 0 Å². The van der Waals surface area contributed by atoms with Crippen molar-refractivity contribution in [2.45, 2.75) is 26.9 Å². The zero-order valence-electron chi connectivity index (χ0n) is 15.6. The molecule has 2 heterocycles. The van der Waals surface area contributed by atoms with E-state index in [4.69, 9.17) is 10.5 Å². The number of thiophene rings is 1. The number of esters is 1. The van der Waals surface area contributed by atoms with Crippen molar-refractivity contribution in [1.29, 1.82) is 0 Å². The Morgan fingerprint density at radius 1 is 1.21 bits per heavy atom. The van der Waals surface area contributed by atoms with Crippen LogP contribution in [0.2, 0.25) is 0 Å². The van der Waals surface area contributed by atoms with Gasteiger partial charge in [-0.05, 0) is 31.0 Å². The maximum absolute atomic E-state index is 12.6. The van der Waals surface area contributed by atoms with Gasteiger partial charge in [-0.3, -0.25) is 10.1 Å². The third-order valence-corrected chi connectivity index (χ3v) is 5.18. The van der Waals surface area contributed by atoms with Crippen LogP contribution in [0.15, 0.2) is 36.4 Å². The summed E-state index contributed by atoms with van der Waals surface area (Å²) in [4.78, 5) is 36.8. The summed E-state index contributed by atoms with van der Waals surface area (Å²) in [6, 6.07) is 10.3. The van der Waals surface area contributed by atoms with Gasteiger partial charge in [0.1, 0.15) is 9.71 Å². The lowest BCUT2D eigenvalue weighted by atomic mass is 10.1. The van der Waals surface area contributed by atoms with E-state index in [9.17, 15) is 14.4 Å². The van der Waals surface area contributed by atoms with Crippen molar-refractivity contribution in [1.82, 2.24) is 15.1 Å².